The molecule has 1 aliphatic rings. The molecule has 1 aromatic carbocycles. The number of rotatable bonds is 16. The van der Waals surface area contributed by atoms with E-state index < -0.39 is 7.60 Å². The standard InChI is InChI=1S/C26H45O3P/c1-4-7-8-9-10-11-12-13-23-14-17-25(18-15-23)26-19-16-24(22-26)20-21-30(27,28-5-2)29-6-3/h14-15,17-18,24,26H,4-13,16,19-22H2,1-3H3/t24?,26-/m0/s1. The van der Waals surface area contributed by atoms with E-state index in [-0.39, 0.29) is 0 Å². The van der Waals surface area contributed by atoms with Crippen LogP contribution in [0.25, 0.3) is 0 Å². The molecule has 1 aromatic rings. The molecule has 1 unspecified atom stereocenters. The maximum absolute atomic E-state index is 12.7. The van der Waals surface area contributed by atoms with Gasteiger partial charge in [-0.3, -0.25) is 4.57 Å². The lowest BCUT2D eigenvalue weighted by Gasteiger charge is -2.19. The minimum absolute atomic E-state index is 0.454. The third-order valence-corrected chi connectivity index (χ3v) is 8.63. The summed E-state index contributed by atoms with van der Waals surface area (Å²) in [6.45, 7) is 6.95. The van der Waals surface area contributed by atoms with Gasteiger partial charge in [-0.25, -0.2) is 0 Å². The fourth-order valence-electron chi connectivity index (χ4n) is 4.78. The van der Waals surface area contributed by atoms with Crippen molar-refractivity contribution in [1.82, 2.24) is 0 Å². The quantitative estimate of drug-likeness (QED) is 0.192. The molecule has 172 valence electrons. The van der Waals surface area contributed by atoms with Crippen LogP contribution in [0.1, 0.15) is 108 Å². The Balaban J connectivity index is 1.70. The maximum Gasteiger partial charge on any atom is 0.330 e. The Labute approximate surface area is 185 Å². The zero-order valence-corrected chi connectivity index (χ0v) is 20.6. The third-order valence-electron chi connectivity index (χ3n) is 6.52. The van der Waals surface area contributed by atoms with Gasteiger partial charge in [0.1, 0.15) is 0 Å². The van der Waals surface area contributed by atoms with Crippen molar-refractivity contribution in [3.05, 3.63) is 35.4 Å². The molecule has 0 saturated heterocycles. The lowest BCUT2D eigenvalue weighted by molar-refractivity contribution is 0.218. The lowest BCUT2D eigenvalue weighted by Crippen LogP contribution is -2.05. The topological polar surface area (TPSA) is 35.5 Å². The summed E-state index contributed by atoms with van der Waals surface area (Å²) in [5.74, 6) is 1.29. The highest BCUT2D eigenvalue weighted by Gasteiger charge is 2.30. The van der Waals surface area contributed by atoms with E-state index in [0.717, 1.165) is 6.42 Å². The highest BCUT2D eigenvalue weighted by Crippen LogP contribution is 2.51. The summed E-state index contributed by atoms with van der Waals surface area (Å²) in [6.07, 6.45) is 16.0. The first kappa shape index (κ1) is 25.6. The van der Waals surface area contributed by atoms with E-state index in [9.17, 15) is 4.57 Å². The Kier molecular flexibility index (Phi) is 12.3. The van der Waals surface area contributed by atoms with Crippen LogP contribution in [0.4, 0.5) is 0 Å². The molecule has 0 aromatic heterocycles. The van der Waals surface area contributed by atoms with E-state index in [0.29, 0.717) is 31.2 Å². The van der Waals surface area contributed by atoms with Crippen LogP contribution >= 0.6 is 7.60 Å². The number of aryl methyl sites for hydroxylation is 1. The monoisotopic (exact) mass is 436 g/mol. The van der Waals surface area contributed by atoms with Crippen molar-refractivity contribution in [3.8, 4) is 0 Å². The molecule has 2 rings (SSSR count). The fourth-order valence-corrected chi connectivity index (χ4v) is 6.58. The summed E-state index contributed by atoms with van der Waals surface area (Å²) in [5.41, 5.74) is 2.97. The molecule has 0 heterocycles. The van der Waals surface area contributed by atoms with Crippen LogP contribution in [0.3, 0.4) is 0 Å². The number of benzene rings is 1. The van der Waals surface area contributed by atoms with Crippen LogP contribution in [0.2, 0.25) is 0 Å². The second kappa shape index (κ2) is 14.4. The minimum atomic E-state index is -2.89. The van der Waals surface area contributed by atoms with Crippen molar-refractivity contribution in [2.45, 2.75) is 104 Å². The SMILES string of the molecule is CCCCCCCCCc1ccc([C@H]2CCC(CCP(=O)(OCC)OCC)C2)cc1. The molecule has 0 radical (unpaired) electrons. The smallest absolute Gasteiger partial charge is 0.309 e. The van der Waals surface area contributed by atoms with Gasteiger partial charge >= 0.3 is 7.60 Å². The fraction of sp³-hybridized carbons (Fsp3) is 0.769. The highest BCUT2D eigenvalue weighted by molar-refractivity contribution is 7.53. The number of hydrogen-bond donors (Lipinski definition) is 0. The summed E-state index contributed by atoms with van der Waals surface area (Å²) < 4.78 is 23.6. The van der Waals surface area contributed by atoms with Gasteiger partial charge in [0.25, 0.3) is 0 Å². The van der Waals surface area contributed by atoms with E-state index in [2.05, 4.69) is 31.2 Å². The van der Waals surface area contributed by atoms with Crippen LogP contribution in [0.15, 0.2) is 24.3 Å². The zero-order chi connectivity index (χ0) is 21.7. The van der Waals surface area contributed by atoms with Crippen LogP contribution in [-0.2, 0) is 20.0 Å². The van der Waals surface area contributed by atoms with Crippen molar-refractivity contribution in [2.24, 2.45) is 5.92 Å². The van der Waals surface area contributed by atoms with Crippen LogP contribution < -0.4 is 0 Å². The molecule has 0 bridgehead atoms. The van der Waals surface area contributed by atoms with Crippen LogP contribution in [0.5, 0.6) is 0 Å². The average Bonchev–Trinajstić information content (AvgIpc) is 3.22. The van der Waals surface area contributed by atoms with Crippen LogP contribution in [0, 0.1) is 5.92 Å². The normalized spacial score (nSPS) is 19.4. The molecule has 0 N–H and O–H groups in total. The summed E-state index contributed by atoms with van der Waals surface area (Å²) in [4.78, 5) is 0. The summed E-state index contributed by atoms with van der Waals surface area (Å²) >= 11 is 0. The molecule has 30 heavy (non-hydrogen) atoms. The van der Waals surface area contributed by atoms with E-state index in [4.69, 9.17) is 9.05 Å². The highest BCUT2D eigenvalue weighted by atomic mass is 31.2. The van der Waals surface area contributed by atoms with Gasteiger partial charge in [0.05, 0.1) is 19.4 Å². The van der Waals surface area contributed by atoms with Gasteiger partial charge in [0, 0.05) is 0 Å². The maximum atomic E-state index is 12.7. The molecule has 0 aliphatic heterocycles. The third kappa shape index (κ3) is 9.25. The van der Waals surface area contributed by atoms with E-state index in [1.807, 2.05) is 13.8 Å². The van der Waals surface area contributed by atoms with Gasteiger partial charge in [-0.1, -0.05) is 69.7 Å². The number of unbranched alkanes of at least 4 members (excludes halogenated alkanes) is 6. The van der Waals surface area contributed by atoms with Gasteiger partial charge in [-0.2, -0.15) is 0 Å². The Hall–Kier alpha value is -0.630. The van der Waals surface area contributed by atoms with E-state index >= 15 is 0 Å². The Bertz CT molecular complexity index is 603. The van der Waals surface area contributed by atoms with E-state index in [1.54, 1.807) is 0 Å². The Morgan fingerprint density at radius 3 is 2.13 bits per heavy atom. The first-order chi connectivity index (χ1) is 14.6. The molecular formula is C26H45O3P. The predicted molar refractivity (Wildman–Crippen MR) is 129 cm³/mol. The van der Waals surface area contributed by atoms with Crippen LogP contribution in [-0.4, -0.2) is 19.4 Å². The molecule has 1 fully saturated rings. The van der Waals surface area contributed by atoms with Crippen molar-refractivity contribution < 1.29 is 13.6 Å². The lowest BCUT2D eigenvalue weighted by atomic mass is 9.94. The molecule has 0 spiro atoms. The van der Waals surface area contributed by atoms with Gasteiger partial charge in [0.15, 0.2) is 0 Å². The minimum Gasteiger partial charge on any atom is -0.309 e. The van der Waals surface area contributed by atoms with Crippen molar-refractivity contribution in [3.63, 3.8) is 0 Å². The van der Waals surface area contributed by atoms with Gasteiger partial charge in [0.2, 0.25) is 0 Å². The van der Waals surface area contributed by atoms with Crippen molar-refractivity contribution in [1.29, 1.82) is 0 Å². The van der Waals surface area contributed by atoms with Gasteiger partial charge in [-0.05, 0) is 75.3 Å². The first-order valence-electron chi connectivity index (χ1n) is 12.6. The van der Waals surface area contributed by atoms with Gasteiger partial charge < -0.3 is 9.05 Å². The molecule has 0 amide bonds. The largest absolute Gasteiger partial charge is 0.330 e. The molecule has 1 saturated carbocycles. The Morgan fingerprint density at radius 1 is 0.867 bits per heavy atom. The molecule has 4 heteroatoms. The number of hydrogen-bond acceptors (Lipinski definition) is 3. The predicted octanol–water partition coefficient (Wildman–Crippen LogP) is 8.52. The van der Waals surface area contributed by atoms with Gasteiger partial charge in [-0.15, -0.1) is 0 Å². The molecule has 1 aliphatic carbocycles. The summed E-state index contributed by atoms with van der Waals surface area (Å²) in [5, 5.41) is 0. The summed E-state index contributed by atoms with van der Waals surface area (Å²) in [6, 6.07) is 9.40. The molecule has 3 nitrogen and oxygen atoms in total. The summed E-state index contributed by atoms with van der Waals surface area (Å²) in [7, 11) is -2.89. The molecular weight excluding hydrogens is 391 g/mol. The average molecular weight is 437 g/mol. The Morgan fingerprint density at radius 2 is 1.50 bits per heavy atom. The second-order valence-corrected chi connectivity index (χ2v) is 11.1. The zero-order valence-electron chi connectivity index (χ0n) is 19.7. The second-order valence-electron chi connectivity index (χ2n) is 8.95. The molecule has 2 atom stereocenters. The van der Waals surface area contributed by atoms with Crippen molar-refractivity contribution in [2.75, 3.05) is 19.4 Å². The van der Waals surface area contributed by atoms with E-state index in [1.165, 1.54) is 81.8 Å². The van der Waals surface area contributed by atoms with Crippen molar-refractivity contribution >= 4 is 7.60 Å². The first-order valence-corrected chi connectivity index (χ1v) is 14.3.